The quantitative estimate of drug-likeness (QED) is 0.376. The van der Waals surface area contributed by atoms with Crippen molar-refractivity contribution in [3.8, 4) is 6.07 Å². The number of rotatable bonds is 6. The van der Waals surface area contributed by atoms with Gasteiger partial charge in [-0.1, -0.05) is 0 Å². The van der Waals surface area contributed by atoms with E-state index in [1.165, 1.54) is 4.68 Å². The Kier molecular flexibility index (Phi) is 6.49. The number of hydrogen-bond donors (Lipinski definition) is 1. The van der Waals surface area contributed by atoms with Crippen molar-refractivity contribution in [1.29, 1.82) is 5.26 Å². The number of alkyl halides is 3. The number of amides is 1. The van der Waals surface area contributed by atoms with Crippen molar-refractivity contribution in [3.05, 3.63) is 60.3 Å². The van der Waals surface area contributed by atoms with Crippen LogP contribution in [0.25, 0.3) is 5.65 Å². The van der Waals surface area contributed by atoms with Gasteiger partial charge in [0.2, 0.25) is 5.95 Å². The first-order valence-corrected chi connectivity index (χ1v) is 13.0. The Hall–Kier alpha value is -4.71. The van der Waals surface area contributed by atoms with Gasteiger partial charge in [-0.15, -0.1) is 5.10 Å². The number of aromatic nitrogens is 6. The molecule has 0 atom stereocenters. The zero-order valence-electron chi connectivity index (χ0n) is 22.1. The van der Waals surface area contributed by atoms with Crippen LogP contribution in [0.5, 0.6) is 0 Å². The minimum Gasteiger partial charge on any atom is -0.363 e. The van der Waals surface area contributed by atoms with E-state index in [1.54, 1.807) is 40.0 Å². The van der Waals surface area contributed by atoms with Crippen LogP contribution in [0.1, 0.15) is 22.5 Å². The molecule has 15 heteroatoms. The number of hydrogen-bond acceptors (Lipinski definition) is 9. The Balaban J connectivity index is 1.20. The Morgan fingerprint density at radius 1 is 1.20 bits per heavy atom. The summed E-state index contributed by atoms with van der Waals surface area (Å²) in [6.07, 6.45) is 0.508. The number of likely N-dealkylation sites (N-methyl/N-ethyl adjacent to an activating group) is 1. The zero-order valence-corrected chi connectivity index (χ0v) is 22.1. The van der Waals surface area contributed by atoms with E-state index >= 15 is 0 Å². The summed E-state index contributed by atoms with van der Waals surface area (Å²) in [6, 6.07) is 9.10. The third-order valence-electron chi connectivity index (χ3n) is 7.48. The fourth-order valence-electron chi connectivity index (χ4n) is 5.17. The molecule has 0 bridgehead atoms. The van der Waals surface area contributed by atoms with Crippen LogP contribution in [-0.4, -0.2) is 91.4 Å². The topological polar surface area (TPSA) is 124 Å². The molecule has 12 nitrogen and oxygen atoms in total. The summed E-state index contributed by atoms with van der Waals surface area (Å²) in [5.41, 5.74) is 0.422. The summed E-state index contributed by atoms with van der Waals surface area (Å²) in [4.78, 5) is 27.7. The molecule has 4 aromatic rings. The molecule has 2 saturated heterocycles. The fraction of sp³-hybridized carbons (Fsp3) is 0.385. The van der Waals surface area contributed by atoms with E-state index in [0.717, 1.165) is 25.5 Å². The highest BCUT2D eigenvalue weighted by molar-refractivity contribution is 5.93. The molecular weight excluding hydrogens is 539 g/mol. The summed E-state index contributed by atoms with van der Waals surface area (Å²) in [6.45, 7) is 3.45. The lowest BCUT2D eigenvalue weighted by molar-refractivity contribution is -0.137. The summed E-state index contributed by atoms with van der Waals surface area (Å²) in [5, 5.41) is 21.0. The first-order valence-electron chi connectivity index (χ1n) is 13.0. The lowest BCUT2D eigenvalue weighted by Gasteiger charge is -2.50. The first-order chi connectivity index (χ1) is 19.6. The minimum atomic E-state index is -4.51. The van der Waals surface area contributed by atoms with Crippen molar-refractivity contribution in [2.75, 3.05) is 56.5 Å². The number of nitriles is 1. The lowest BCUT2D eigenvalue weighted by Crippen LogP contribution is -2.63. The van der Waals surface area contributed by atoms with E-state index in [9.17, 15) is 23.2 Å². The third-order valence-corrected chi connectivity index (χ3v) is 7.48. The maximum Gasteiger partial charge on any atom is 0.419 e. The number of carbonyl (C=O) groups is 1. The normalized spacial score (nSPS) is 17.3. The Bertz CT molecular complexity index is 1630. The van der Waals surface area contributed by atoms with E-state index in [2.05, 4.69) is 36.5 Å². The van der Waals surface area contributed by atoms with Crippen LogP contribution in [0.2, 0.25) is 0 Å². The molecule has 0 unspecified atom stereocenters. The molecular formula is C26H26F3N11O. The SMILES string of the molecule is CN1CCN(C(=O)c2cc(Nc3nc4c(N5CC(CC#N)(n6cc(C(F)(F)F)cn6)C5)cccn4n3)ccn2)CC1. The van der Waals surface area contributed by atoms with Gasteiger partial charge in [-0.3, -0.25) is 14.5 Å². The molecule has 0 spiro atoms. The molecule has 41 heavy (non-hydrogen) atoms. The molecule has 0 aliphatic carbocycles. The van der Waals surface area contributed by atoms with Crippen molar-refractivity contribution in [2.45, 2.75) is 18.1 Å². The molecule has 4 aromatic heterocycles. The highest BCUT2D eigenvalue weighted by Crippen LogP contribution is 2.39. The summed E-state index contributed by atoms with van der Waals surface area (Å²) in [7, 11) is 2.02. The number of nitrogens with one attached hydrogen (secondary N) is 1. The molecule has 2 aliphatic heterocycles. The van der Waals surface area contributed by atoms with Gasteiger partial charge in [0.15, 0.2) is 5.65 Å². The smallest absolute Gasteiger partial charge is 0.363 e. The standard InChI is InChI=1S/C26H26F3N11O/c1-36-9-11-37(12-10-36)23(41)20-13-19(4-7-31-20)33-24-34-22-21(3-2-8-39(22)35-24)38-16-25(17-38,5-6-30)40-15-18(14-32-40)26(27,28)29/h2-4,7-8,13-15H,5,9-12,16-17H2,1H3,(H,31,33,35). The van der Waals surface area contributed by atoms with Gasteiger partial charge in [-0.25, -0.2) is 4.52 Å². The molecule has 0 radical (unpaired) electrons. The number of anilines is 3. The largest absolute Gasteiger partial charge is 0.419 e. The van der Waals surface area contributed by atoms with Crippen molar-refractivity contribution in [2.24, 2.45) is 0 Å². The zero-order chi connectivity index (χ0) is 28.8. The lowest BCUT2D eigenvalue weighted by atomic mass is 9.86. The number of carbonyl (C=O) groups excluding carboxylic acids is 1. The van der Waals surface area contributed by atoms with Gasteiger partial charge in [0.1, 0.15) is 11.2 Å². The van der Waals surface area contributed by atoms with Crippen LogP contribution in [0, 0.1) is 11.3 Å². The van der Waals surface area contributed by atoms with Crippen LogP contribution in [-0.2, 0) is 11.7 Å². The molecule has 6 heterocycles. The Morgan fingerprint density at radius 2 is 1.98 bits per heavy atom. The van der Waals surface area contributed by atoms with Gasteiger partial charge in [0.25, 0.3) is 5.91 Å². The van der Waals surface area contributed by atoms with E-state index in [-0.39, 0.29) is 25.4 Å². The molecule has 0 aromatic carbocycles. The van der Waals surface area contributed by atoms with Crippen LogP contribution in [0.3, 0.4) is 0 Å². The van der Waals surface area contributed by atoms with Gasteiger partial charge < -0.3 is 20.0 Å². The second kappa shape index (κ2) is 10.0. The summed E-state index contributed by atoms with van der Waals surface area (Å²) >= 11 is 0. The minimum absolute atomic E-state index is 0.00230. The molecule has 2 aliphatic rings. The second-order valence-electron chi connectivity index (χ2n) is 10.3. The number of fused-ring (bicyclic) bond motifs is 1. The number of piperazine rings is 1. The van der Waals surface area contributed by atoms with Crippen molar-refractivity contribution < 1.29 is 18.0 Å². The monoisotopic (exact) mass is 565 g/mol. The van der Waals surface area contributed by atoms with E-state index in [4.69, 9.17) is 0 Å². The average Bonchev–Trinajstić information content (AvgIpc) is 3.58. The van der Waals surface area contributed by atoms with Gasteiger partial charge in [-0.05, 0) is 31.3 Å². The van der Waals surface area contributed by atoms with Gasteiger partial charge in [0, 0.05) is 63.5 Å². The molecule has 0 saturated carbocycles. The fourth-order valence-corrected chi connectivity index (χ4v) is 5.17. The van der Waals surface area contributed by atoms with Crippen LogP contribution in [0.4, 0.5) is 30.5 Å². The van der Waals surface area contributed by atoms with E-state index < -0.39 is 17.3 Å². The van der Waals surface area contributed by atoms with Gasteiger partial charge in [0.05, 0.1) is 29.9 Å². The summed E-state index contributed by atoms with van der Waals surface area (Å²) in [5.74, 6) is 0.164. The van der Waals surface area contributed by atoms with Crippen molar-refractivity contribution in [3.63, 3.8) is 0 Å². The molecule has 212 valence electrons. The maximum absolute atomic E-state index is 13.2. The van der Waals surface area contributed by atoms with E-state index in [0.29, 0.717) is 41.8 Å². The molecule has 1 N–H and O–H groups in total. The Labute approximate surface area is 232 Å². The predicted molar refractivity (Wildman–Crippen MR) is 142 cm³/mol. The van der Waals surface area contributed by atoms with Crippen LogP contribution < -0.4 is 10.2 Å². The number of halogens is 3. The molecule has 1 amide bonds. The maximum atomic E-state index is 13.2. The first kappa shape index (κ1) is 26.5. The number of pyridine rings is 2. The summed E-state index contributed by atoms with van der Waals surface area (Å²) < 4.78 is 42.3. The van der Waals surface area contributed by atoms with Crippen molar-refractivity contribution >= 4 is 28.9 Å². The molecule has 2 fully saturated rings. The van der Waals surface area contributed by atoms with Gasteiger partial charge >= 0.3 is 6.18 Å². The van der Waals surface area contributed by atoms with Crippen molar-refractivity contribution in [1.82, 2.24) is 39.2 Å². The predicted octanol–water partition coefficient (Wildman–Crippen LogP) is 2.60. The van der Waals surface area contributed by atoms with Gasteiger partial charge in [-0.2, -0.15) is 28.5 Å². The average molecular weight is 566 g/mol. The third kappa shape index (κ3) is 5.02. The van der Waals surface area contributed by atoms with Crippen LogP contribution >= 0.6 is 0 Å². The highest BCUT2D eigenvalue weighted by atomic mass is 19.4. The Morgan fingerprint density at radius 3 is 2.68 bits per heavy atom. The molecule has 6 rings (SSSR count). The second-order valence-corrected chi connectivity index (χ2v) is 10.3. The number of nitrogens with zero attached hydrogens (tertiary/aromatic N) is 10. The highest BCUT2D eigenvalue weighted by Gasteiger charge is 2.47. The van der Waals surface area contributed by atoms with E-state index in [1.807, 2.05) is 18.0 Å². The van der Waals surface area contributed by atoms with Crippen LogP contribution in [0.15, 0.2) is 49.1 Å².